The van der Waals surface area contributed by atoms with E-state index in [9.17, 15) is 27.9 Å². The molecule has 0 unspecified atom stereocenters. The fourth-order valence-electron chi connectivity index (χ4n) is 3.03. The third-order valence-electron chi connectivity index (χ3n) is 4.42. The molecule has 0 N–H and O–H groups in total. The van der Waals surface area contributed by atoms with Crippen molar-refractivity contribution in [3.8, 4) is 22.6 Å². The Morgan fingerprint density at radius 1 is 1.12 bits per heavy atom. The molecule has 0 saturated carbocycles. The van der Waals surface area contributed by atoms with Crippen LogP contribution in [0, 0.1) is 11.6 Å². The molecule has 1 aromatic heterocycles. The Morgan fingerprint density at radius 2 is 1.76 bits per heavy atom. The number of nitrogens with zero attached hydrogens (tertiary/aromatic N) is 1. The molecule has 3 rings (SSSR count). The van der Waals surface area contributed by atoms with Gasteiger partial charge in [-0.15, -0.1) is 0 Å². The van der Waals surface area contributed by atoms with Crippen LogP contribution in [0.1, 0.15) is 13.3 Å². The molecule has 0 aliphatic carbocycles. The van der Waals surface area contributed by atoms with Crippen LogP contribution in [0.4, 0.5) is 8.78 Å². The molecular formula is C20H18F2NNa2O7P. The Bertz CT molecular complexity index is 1220. The number of methoxy groups -OCH3 is 1. The summed E-state index contributed by atoms with van der Waals surface area (Å²) in [7, 11) is -3.95. The van der Waals surface area contributed by atoms with Crippen LogP contribution in [0.15, 0.2) is 41.3 Å². The first-order valence-electron chi connectivity index (χ1n) is 9.15. The minimum Gasteiger partial charge on any atom is -0.790 e. The van der Waals surface area contributed by atoms with E-state index in [4.69, 9.17) is 9.47 Å². The number of phosphoric ester groups is 1. The fraction of sp³-hybridized carbons (Fsp3) is 0.250. The minimum absolute atomic E-state index is 0. The summed E-state index contributed by atoms with van der Waals surface area (Å²) in [5.41, 5.74) is -0.824. The molecule has 0 saturated heterocycles. The first kappa shape index (κ1) is 30.3. The van der Waals surface area contributed by atoms with Gasteiger partial charge in [0.05, 0.1) is 32.4 Å². The number of hydrogen-bond donors (Lipinski definition) is 0. The molecule has 0 aliphatic heterocycles. The number of halogens is 2. The van der Waals surface area contributed by atoms with E-state index in [0.717, 1.165) is 10.6 Å². The Morgan fingerprint density at radius 3 is 2.30 bits per heavy atom. The van der Waals surface area contributed by atoms with E-state index in [1.807, 2.05) is 0 Å². The smallest absolute Gasteiger partial charge is 0.790 e. The van der Waals surface area contributed by atoms with E-state index in [1.165, 1.54) is 25.4 Å². The average Bonchev–Trinajstić information content (AvgIpc) is 2.73. The predicted octanol–water partition coefficient (Wildman–Crippen LogP) is -3.45. The van der Waals surface area contributed by atoms with Gasteiger partial charge < -0.3 is 32.9 Å². The van der Waals surface area contributed by atoms with Gasteiger partial charge in [-0.2, -0.15) is 0 Å². The van der Waals surface area contributed by atoms with Crippen molar-refractivity contribution < 1.29 is 96.2 Å². The van der Waals surface area contributed by atoms with Crippen LogP contribution < -0.4 is 83.8 Å². The number of benzene rings is 2. The van der Waals surface area contributed by atoms with E-state index >= 15 is 0 Å². The topological polar surface area (TPSA) is 113 Å². The number of aromatic nitrogens is 1. The van der Waals surface area contributed by atoms with E-state index < -0.39 is 37.0 Å². The van der Waals surface area contributed by atoms with Crippen molar-refractivity contribution in [1.82, 2.24) is 4.57 Å². The molecular weight excluding hydrogens is 481 g/mol. The summed E-state index contributed by atoms with van der Waals surface area (Å²) < 4.78 is 55.9. The van der Waals surface area contributed by atoms with Gasteiger partial charge in [0, 0.05) is 17.8 Å². The molecule has 166 valence electrons. The Labute approximate surface area is 232 Å². The summed E-state index contributed by atoms with van der Waals surface area (Å²) >= 11 is 0. The molecule has 0 aliphatic rings. The molecule has 1 heterocycles. The SMILES string of the molecule is CCCOc1cc(F)c(F)c2c(=O)c(-c3ccc(OC)cc3)cn(COP(=O)([O-])[O-])c12.[Na+].[Na+]. The van der Waals surface area contributed by atoms with Gasteiger partial charge in [0.2, 0.25) is 0 Å². The van der Waals surface area contributed by atoms with Gasteiger partial charge in [0.1, 0.15) is 18.2 Å². The number of pyridine rings is 1. The number of ether oxygens (including phenoxy) is 2. The van der Waals surface area contributed by atoms with Crippen LogP contribution in [0.25, 0.3) is 22.0 Å². The van der Waals surface area contributed by atoms with Crippen LogP contribution in [0.3, 0.4) is 0 Å². The van der Waals surface area contributed by atoms with Gasteiger partial charge in [-0.25, -0.2) is 8.78 Å². The zero-order valence-corrected chi connectivity index (χ0v) is 23.5. The van der Waals surface area contributed by atoms with Crippen molar-refractivity contribution in [2.24, 2.45) is 0 Å². The number of fused-ring (bicyclic) bond motifs is 1. The van der Waals surface area contributed by atoms with Gasteiger partial charge in [-0.3, -0.25) is 4.79 Å². The maximum atomic E-state index is 14.7. The number of hydrogen-bond acceptors (Lipinski definition) is 7. The number of rotatable bonds is 8. The molecule has 0 bridgehead atoms. The first-order chi connectivity index (χ1) is 14.7. The molecule has 0 atom stereocenters. The molecule has 0 amide bonds. The molecule has 0 radical (unpaired) electrons. The Kier molecular flexibility index (Phi) is 11.7. The monoisotopic (exact) mass is 499 g/mol. The minimum atomic E-state index is -5.40. The summed E-state index contributed by atoms with van der Waals surface area (Å²) in [4.78, 5) is 35.1. The third-order valence-corrected chi connectivity index (χ3v) is 4.85. The van der Waals surface area contributed by atoms with Gasteiger partial charge in [-0.1, -0.05) is 19.1 Å². The quantitative estimate of drug-likeness (QED) is 0.234. The Hall–Kier alpha value is -0.780. The maximum absolute atomic E-state index is 14.7. The number of phosphoric acid groups is 1. The van der Waals surface area contributed by atoms with Gasteiger partial charge in [0.15, 0.2) is 17.1 Å². The van der Waals surface area contributed by atoms with E-state index in [0.29, 0.717) is 17.7 Å². The molecule has 3 aromatic rings. The van der Waals surface area contributed by atoms with E-state index in [-0.39, 0.29) is 82.6 Å². The van der Waals surface area contributed by atoms with Gasteiger partial charge in [-0.05, 0) is 24.1 Å². The van der Waals surface area contributed by atoms with Gasteiger partial charge >= 0.3 is 59.1 Å². The van der Waals surface area contributed by atoms with Crippen LogP contribution in [0.5, 0.6) is 11.5 Å². The third kappa shape index (κ3) is 7.11. The Balaban J connectivity index is 0.00000272. The summed E-state index contributed by atoms with van der Waals surface area (Å²) in [6.45, 7) is 1.04. The maximum Gasteiger partial charge on any atom is 1.00 e. The molecule has 0 spiro atoms. The molecule has 8 nitrogen and oxygen atoms in total. The van der Waals surface area contributed by atoms with Crippen LogP contribution in [0.2, 0.25) is 0 Å². The molecule has 13 heteroatoms. The van der Waals surface area contributed by atoms with Crippen LogP contribution in [-0.4, -0.2) is 18.3 Å². The largest absolute Gasteiger partial charge is 1.00 e. The van der Waals surface area contributed by atoms with Crippen molar-refractivity contribution in [2.45, 2.75) is 20.1 Å². The predicted molar refractivity (Wildman–Crippen MR) is 105 cm³/mol. The van der Waals surface area contributed by atoms with Crippen LogP contribution >= 0.6 is 7.82 Å². The molecule has 2 aromatic carbocycles. The van der Waals surface area contributed by atoms with E-state index in [2.05, 4.69) is 4.52 Å². The second-order valence-corrected chi connectivity index (χ2v) is 7.67. The van der Waals surface area contributed by atoms with Crippen molar-refractivity contribution in [1.29, 1.82) is 0 Å². The van der Waals surface area contributed by atoms with Crippen LogP contribution in [-0.2, 0) is 15.8 Å². The molecule has 0 fully saturated rings. The second kappa shape index (κ2) is 12.8. The van der Waals surface area contributed by atoms with Crippen molar-refractivity contribution in [3.05, 3.63) is 58.4 Å². The van der Waals surface area contributed by atoms with Crippen molar-refractivity contribution >= 4 is 18.7 Å². The zero-order chi connectivity index (χ0) is 22.8. The van der Waals surface area contributed by atoms with Crippen molar-refractivity contribution in [3.63, 3.8) is 0 Å². The first-order valence-corrected chi connectivity index (χ1v) is 10.6. The normalized spacial score (nSPS) is 11.0. The molecule has 33 heavy (non-hydrogen) atoms. The zero-order valence-electron chi connectivity index (χ0n) is 18.6. The summed E-state index contributed by atoms with van der Waals surface area (Å²) in [5, 5.41) is -0.658. The summed E-state index contributed by atoms with van der Waals surface area (Å²) in [6, 6.07) is 6.90. The van der Waals surface area contributed by atoms with Crippen molar-refractivity contribution in [2.75, 3.05) is 13.7 Å². The second-order valence-electron chi connectivity index (χ2n) is 6.52. The summed E-state index contributed by atoms with van der Waals surface area (Å²) in [6.07, 6.45) is 1.72. The van der Waals surface area contributed by atoms with Gasteiger partial charge in [0.25, 0.3) is 0 Å². The fourth-order valence-corrected chi connectivity index (χ4v) is 3.30. The summed E-state index contributed by atoms with van der Waals surface area (Å²) in [5.74, 6) is -2.43. The standard InChI is InChI=1S/C20H20F2NO7P.2Na/c1-3-8-29-16-9-15(21)18(22)17-19(16)23(11-30-31(25,26)27)10-14(20(17)24)12-4-6-13(28-2)7-5-12;;/h4-7,9-10H,3,8,11H2,1-2H3,(H2,25,26,27);;/q;2*+1/p-2. The van der Waals surface area contributed by atoms with E-state index in [1.54, 1.807) is 19.1 Å². The average molecular weight is 499 g/mol.